The lowest BCUT2D eigenvalue weighted by atomic mass is 9.77. The number of imidazole rings is 2. The zero-order valence-corrected chi connectivity index (χ0v) is 54.1. The number of aromatic nitrogens is 8. The van der Waals surface area contributed by atoms with Crippen LogP contribution < -0.4 is 20.1 Å². The van der Waals surface area contributed by atoms with Crippen molar-refractivity contribution in [1.29, 1.82) is 0 Å². The molecule has 2 aliphatic rings. The van der Waals surface area contributed by atoms with E-state index in [9.17, 15) is 5.11 Å². The number of ether oxygens (including phenoxy) is 6. The first-order chi connectivity index (χ1) is 47.2. The van der Waals surface area contributed by atoms with Crippen molar-refractivity contribution < 1.29 is 42.3 Å². The lowest BCUT2D eigenvalue weighted by Crippen LogP contribution is -2.38. The van der Waals surface area contributed by atoms with E-state index < -0.39 is 66.9 Å². The Bertz CT molecular complexity index is 3910. The molecule has 17 nitrogen and oxygen atoms in total. The van der Waals surface area contributed by atoms with Crippen molar-refractivity contribution in [3.05, 3.63) is 300 Å². The average Bonchev–Trinajstić information content (AvgIpc) is 1.14. The number of alkyl halides is 3. The highest BCUT2D eigenvalue weighted by atomic mass is 35.5. The van der Waals surface area contributed by atoms with E-state index in [2.05, 4.69) is 110 Å². The van der Waals surface area contributed by atoms with Crippen LogP contribution in [-0.2, 0) is 43.2 Å². The van der Waals surface area contributed by atoms with Crippen molar-refractivity contribution in [1.82, 2.24) is 39.0 Å². The monoisotopic (exact) mass is 1310 g/mol. The molecule has 0 amide bonds. The molecule has 0 aliphatic carbocycles. The molecule has 490 valence electrons. The zero-order valence-electron chi connectivity index (χ0n) is 53.3. The lowest BCUT2D eigenvalue weighted by Gasteiger charge is -2.37. The van der Waals surface area contributed by atoms with Gasteiger partial charge >= 0.3 is 0 Å². The Labute approximate surface area is 560 Å². The Morgan fingerprint density at radius 3 is 1.06 bits per heavy atom. The number of halogens is 3. The van der Waals surface area contributed by atoms with E-state index in [1.807, 2.05) is 165 Å². The Morgan fingerprint density at radius 2 is 0.760 bits per heavy atom. The van der Waals surface area contributed by atoms with E-state index in [0.29, 0.717) is 46.1 Å². The number of methoxy groups -OCH3 is 2. The normalized spacial score (nSPS) is 19.2. The van der Waals surface area contributed by atoms with Gasteiger partial charge in [-0.1, -0.05) is 213 Å². The highest BCUT2D eigenvalue weighted by Crippen LogP contribution is 2.45. The van der Waals surface area contributed by atoms with Crippen LogP contribution in [0.2, 0.25) is 0 Å². The summed E-state index contributed by atoms with van der Waals surface area (Å²) in [6.45, 7) is 1.76. The Hall–Kier alpha value is -9.99. The molecular formula is C76H73ClF2N10O7. The molecule has 0 saturated carbocycles. The van der Waals surface area contributed by atoms with Crippen LogP contribution in [0, 0.1) is 0 Å². The molecule has 2 fully saturated rings. The van der Waals surface area contributed by atoms with Gasteiger partial charge in [0.05, 0.1) is 52.8 Å². The van der Waals surface area contributed by atoms with Crippen molar-refractivity contribution >= 4 is 45.6 Å². The fourth-order valence-electron chi connectivity index (χ4n) is 12.7. The molecule has 8 aromatic carbocycles. The number of rotatable bonds is 22. The number of aliphatic hydroxyl groups excluding tert-OH is 1. The molecule has 0 radical (unpaired) electrons. The van der Waals surface area contributed by atoms with Gasteiger partial charge in [-0.25, -0.2) is 38.7 Å². The van der Waals surface area contributed by atoms with E-state index >= 15 is 8.78 Å². The maximum absolute atomic E-state index is 15.8. The molecule has 0 bridgehead atoms. The van der Waals surface area contributed by atoms with Crippen molar-refractivity contribution in [2.24, 2.45) is 0 Å². The van der Waals surface area contributed by atoms with Gasteiger partial charge in [0.15, 0.2) is 58.8 Å². The minimum atomic E-state index is -1.58. The van der Waals surface area contributed by atoms with E-state index in [-0.39, 0.29) is 13.2 Å². The predicted molar refractivity (Wildman–Crippen MR) is 366 cm³/mol. The van der Waals surface area contributed by atoms with Gasteiger partial charge in [0, 0.05) is 6.38 Å². The number of hydrogen-bond donors (Lipinski definition) is 3. The topological polar surface area (TPSA) is 187 Å². The Kier molecular flexibility index (Phi) is 21.1. The molecule has 3 N–H and O–H groups in total. The van der Waals surface area contributed by atoms with Crippen LogP contribution in [0.25, 0.3) is 22.3 Å². The zero-order chi connectivity index (χ0) is 66.4. The first-order valence-corrected chi connectivity index (χ1v) is 32.3. The summed E-state index contributed by atoms with van der Waals surface area (Å²) in [6.07, 6.45) is -0.102. The van der Waals surface area contributed by atoms with Crippen molar-refractivity contribution in [2.45, 2.75) is 86.9 Å². The predicted octanol–water partition coefficient (Wildman–Crippen LogP) is 14.4. The smallest absolute Gasteiger partial charge is 0.167 e. The minimum absolute atomic E-state index is 0.134. The molecule has 4 aromatic heterocycles. The number of nitrogens with zero attached hydrogens (tertiary/aromatic N) is 8. The summed E-state index contributed by atoms with van der Waals surface area (Å²) in [6, 6.07) is 76.2. The average molecular weight is 1310 g/mol. The van der Waals surface area contributed by atoms with E-state index in [4.69, 9.17) is 43.4 Å². The summed E-state index contributed by atoms with van der Waals surface area (Å²) in [5, 5.41) is 17.5. The largest absolute Gasteiger partial charge is 0.497 e. The van der Waals surface area contributed by atoms with Crippen molar-refractivity contribution in [3.8, 4) is 11.5 Å². The third-order valence-corrected chi connectivity index (χ3v) is 17.4. The van der Waals surface area contributed by atoms with Crippen molar-refractivity contribution in [3.63, 3.8) is 0 Å². The number of aliphatic hydroxyl groups is 1. The lowest BCUT2D eigenvalue weighted by molar-refractivity contribution is -0.0741. The number of nitrogens with one attached hydrogen (secondary N) is 2. The van der Waals surface area contributed by atoms with Crippen LogP contribution in [0.4, 0.5) is 20.4 Å². The quantitative estimate of drug-likeness (QED) is 0.0429. The van der Waals surface area contributed by atoms with Gasteiger partial charge in [-0.15, -0.1) is 11.6 Å². The highest BCUT2D eigenvalue weighted by molar-refractivity contribution is 6.15. The molecule has 2 unspecified atom stereocenters. The SMILES string of the molecule is CC[C@H]1O[C@@H](n2cnc3c(NC(c4ccccc4)(c4ccccc4)c4ccccc4)ncnc32)[C@@H](OCc2ccc(OC)cc2)C1F.CCl.COc1ccc(CO[C@H]2C(F)[C@@H](CO)O[C@H]2n2cnc3c(NC(c4ccccc4)(c4ccccc4)c4ccccc4)ncnc32)cc1. The molecule has 20 heteroatoms. The van der Waals surface area contributed by atoms with Gasteiger partial charge in [0.2, 0.25) is 0 Å². The van der Waals surface area contributed by atoms with Gasteiger partial charge < -0.3 is 44.2 Å². The van der Waals surface area contributed by atoms with Crippen LogP contribution in [0.15, 0.2) is 256 Å². The van der Waals surface area contributed by atoms with Gasteiger partial charge in [-0.2, -0.15) is 0 Å². The second-order valence-corrected chi connectivity index (χ2v) is 22.9. The van der Waals surface area contributed by atoms with Gasteiger partial charge in [0.1, 0.15) is 53.5 Å². The molecule has 8 atom stereocenters. The Balaban J connectivity index is 0.000000179. The third-order valence-electron chi connectivity index (χ3n) is 17.4. The molecule has 6 heterocycles. The molecule has 0 spiro atoms. The summed E-state index contributed by atoms with van der Waals surface area (Å²) in [5.41, 5.74) is 8.11. The van der Waals surface area contributed by atoms with Crippen LogP contribution in [0.5, 0.6) is 11.5 Å². The molecule has 12 aromatic rings. The second kappa shape index (κ2) is 30.6. The van der Waals surface area contributed by atoms with Crippen LogP contribution >= 0.6 is 11.6 Å². The number of anilines is 2. The summed E-state index contributed by atoms with van der Waals surface area (Å²) < 4.78 is 70.1. The van der Waals surface area contributed by atoms with E-state index in [0.717, 1.165) is 50.3 Å². The molecular weight excluding hydrogens is 1240 g/mol. The van der Waals surface area contributed by atoms with Crippen LogP contribution in [-0.4, -0.2) is 108 Å². The molecule has 2 saturated heterocycles. The highest BCUT2D eigenvalue weighted by Gasteiger charge is 2.49. The van der Waals surface area contributed by atoms with Crippen molar-refractivity contribution in [2.75, 3.05) is 37.8 Å². The maximum atomic E-state index is 15.8. The van der Waals surface area contributed by atoms with Gasteiger partial charge in [-0.3, -0.25) is 9.13 Å². The molecule has 96 heavy (non-hydrogen) atoms. The minimum Gasteiger partial charge on any atom is -0.497 e. The molecule has 14 rings (SSSR count). The number of fused-ring (bicyclic) bond motifs is 2. The third kappa shape index (κ3) is 13.4. The number of benzene rings is 8. The first kappa shape index (κ1) is 66.0. The van der Waals surface area contributed by atoms with Gasteiger partial charge in [0.25, 0.3) is 0 Å². The number of hydrogen-bond acceptors (Lipinski definition) is 15. The Morgan fingerprint density at radius 1 is 0.448 bits per heavy atom. The van der Waals surface area contributed by atoms with E-state index in [1.54, 1.807) is 36.0 Å². The summed E-state index contributed by atoms with van der Waals surface area (Å²) in [5.74, 6) is 2.47. The first-order valence-electron chi connectivity index (χ1n) is 31.6. The fourth-order valence-corrected chi connectivity index (χ4v) is 12.7. The standard InChI is InChI=1S/C38H36FN5O3.C37H34FN5O4.CH3Cl/c1-3-31-32(39)34(46-23-26-19-21-30(45-2)22-20-26)37(47-31)44-25-42-33-35(40-24-41-36(33)44)43-38(27-13-7-4-8-14-27,28-15-9-5-10-16-28)29-17-11-6-12-18-29;1-45-29-19-17-25(18-20-29)22-46-33-31(38)30(21-44)47-36(33)43-24-41-32-34(39-23-40-35(32)43)42-37(26-11-5-2-6-12-26,27-13-7-3-8-14-27)28-15-9-4-10-16-28;1-2/h4-22,24-25,31-32,34,37H,3,23H2,1-2H3,(H,40,41,43);2-20,23-24,30-31,33,36,44H,21-22H2,1H3,(H,39,40,42);1H3/t31-,32?,34+,37-;30-,31?,33+,36-;/m11./s1. The molecule has 2 aliphatic heterocycles. The van der Waals surface area contributed by atoms with Crippen LogP contribution in [0.1, 0.15) is 70.3 Å². The maximum Gasteiger partial charge on any atom is 0.167 e. The van der Waals surface area contributed by atoms with Crippen LogP contribution in [0.3, 0.4) is 0 Å². The fraction of sp³-hybridized carbons (Fsp3) is 0.237. The summed E-state index contributed by atoms with van der Waals surface area (Å²) >= 11 is 4.64. The summed E-state index contributed by atoms with van der Waals surface area (Å²) in [4.78, 5) is 28.1. The van der Waals surface area contributed by atoms with E-state index in [1.165, 1.54) is 19.0 Å². The van der Waals surface area contributed by atoms with Gasteiger partial charge in [-0.05, 0) is 75.2 Å². The second-order valence-electron chi connectivity index (χ2n) is 22.9. The summed E-state index contributed by atoms with van der Waals surface area (Å²) in [7, 11) is 3.22.